The Morgan fingerprint density at radius 3 is 2.83 bits per heavy atom. The summed E-state index contributed by atoms with van der Waals surface area (Å²) in [5.41, 5.74) is 1.35. The van der Waals surface area contributed by atoms with E-state index in [9.17, 15) is 4.79 Å². The lowest BCUT2D eigenvalue weighted by molar-refractivity contribution is 0.305. The summed E-state index contributed by atoms with van der Waals surface area (Å²) in [7, 11) is 0. The summed E-state index contributed by atoms with van der Waals surface area (Å²) in [6.07, 6.45) is 8.99. The number of hydrogen-bond donors (Lipinski definition) is 0. The Balaban J connectivity index is 2.22. The molecule has 0 saturated heterocycles. The molecule has 0 atom stereocenters. The first kappa shape index (κ1) is 14.7. The average Bonchev–Trinajstić information content (AvgIpc) is 2.41. The molecule has 0 aliphatic rings. The highest BCUT2D eigenvalue weighted by Crippen LogP contribution is 2.15. The van der Waals surface area contributed by atoms with Gasteiger partial charge >= 0.3 is 0 Å². The van der Waals surface area contributed by atoms with E-state index < -0.39 is 0 Å². The zero-order chi connectivity index (χ0) is 13.1. The molecule has 1 aromatic carbocycles. The van der Waals surface area contributed by atoms with E-state index >= 15 is 0 Å². The molecule has 0 heterocycles. The summed E-state index contributed by atoms with van der Waals surface area (Å²) in [6, 6.07) is 8.35. The third-order valence-corrected chi connectivity index (χ3v) is 2.91. The summed E-state index contributed by atoms with van der Waals surface area (Å²) in [5.74, 6) is 0.963. The van der Waals surface area contributed by atoms with Crippen LogP contribution in [0.3, 0.4) is 0 Å². The van der Waals surface area contributed by atoms with E-state index in [1.54, 1.807) is 0 Å². The van der Waals surface area contributed by atoms with Gasteiger partial charge in [0, 0.05) is 6.42 Å². The van der Waals surface area contributed by atoms with Gasteiger partial charge in [-0.2, -0.15) is 0 Å². The van der Waals surface area contributed by atoms with Crippen LogP contribution in [0.5, 0.6) is 5.75 Å². The van der Waals surface area contributed by atoms with Crippen molar-refractivity contribution in [2.45, 2.75) is 51.9 Å². The molecule has 0 fully saturated rings. The standard InChI is InChI=1S/C16H23O2/c1-2-3-9-15-10-8-11-16(14-15)18-13-7-5-4-6-12-17/h8,10-11,14H,2-7,9,13H2,1H3. The number of carbonyl (C=O) groups excluding carboxylic acids is 1. The monoisotopic (exact) mass is 247 g/mol. The van der Waals surface area contributed by atoms with E-state index in [1.165, 1.54) is 18.4 Å². The first-order valence-electron chi connectivity index (χ1n) is 6.93. The Labute approximate surface area is 110 Å². The van der Waals surface area contributed by atoms with Gasteiger partial charge < -0.3 is 4.74 Å². The van der Waals surface area contributed by atoms with E-state index in [-0.39, 0.29) is 0 Å². The number of benzene rings is 1. The van der Waals surface area contributed by atoms with Crippen LogP contribution in [0.25, 0.3) is 0 Å². The fourth-order valence-corrected chi connectivity index (χ4v) is 1.84. The first-order chi connectivity index (χ1) is 8.86. The van der Waals surface area contributed by atoms with Gasteiger partial charge in [0.15, 0.2) is 6.29 Å². The minimum absolute atomic E-state index is 0.548. The highest BCUT2D eigenvalue weighted by Gasteiger charge is 1.97. The van der Waals surface area contributed by atoms with Crippen molar-refractivity contribution in [2.75, 3.05) is 6.61 Å². The van der Waals surface area contributed by atoms with Crippen molar-refractivity contribution in [1.82, 2.24) is 0 Å². The van der Waals surface area contributed by atoms with Gasteiger partial charge in [-0.05, 0) is 49.8 Å². The predicted molar refractivity (Wildman–Crippen MR) is 74.7 cm³/mol. The van der Waals surface area contributed by atoms with Gasteiger partial charge in [-0.25, -0.2) is 0 Å². The first-order valence-corrected chi connectivity index (χ1v) is 6.93. The van der Waals surface area contributed by atoms with Crippen LogP contribution in [0, 0.1) is 0 Å². The van der Waals surface area contributed by atoms with Crippen molar-refractivity contribution in [3.8, 4) is 5.75 Å². The Morgan fingerprint density at radius 1 is 1.17 bits per heavy atom. The molecule has 0 aliphatic carbocycles. The highest BCUT2D eigenvalue weighted by atomic mass is 16.5. The quantitative estimate of drug-likeness (QED) is 0.582. The number of unbranched alkanes of at least 4 members (excludes halogenated alkanes) is 4. The van der Waals surface area contributed by atoms with Crippen LogP contribution in [-0.4, -0.2) is 12.9 Å². The molecule has 1 rings (SSSR count). The summed E-state index contributed by atoms with van der Waals surface area (Å²) < 4.78 is 5.71. The molecular formula is C16H23O2. The van der Waals surface area contributed by atoms with Gasteiger partial charge in [0.2, 0.25) is 0 Å². The normalized spacial score (nSPS) is 10.3. The molecule has 99 valence electrons. The van der Waals surface area contributed by atoms with E-state index in [2.05, 4.69) is 25.1 Å². The van der Waals surface area contributed by atoms with Gasteiger partial charge in [0.25, 0.3) is 0 Å². The van der Waals surface area contributed by atoms with Crippen LogP contribution in [0.2, 0.25) is 0 Å². The summed E-state index contributed by atoms with van der Waals surface area (Å²) in [5, 5.41) is 0. The maximum absolute atomic E-state index is 10.0. The van der Waals surface area contributed by atoms with Gasteiger partial charge in [0.1, 0.15) is 5.75 Å². The van der Waals surface area contributed by atoms with Crippen molar-refractivity contribution in [3.63, 3.8) is 0 Å². The van der Waals surface area contributed by atoms with Crippen molar-refractivity contribution in [1.29, 1.82) is 0 Å². The second-order valence-electron chi connectivity index (χ2n) is 4.55. The minimum atomic E-state index is 0.548. The second kappa shape index (κ2) is 9.69. The summed E-state index contributed by atoms with van der Waals surface area (Å²) in [4.78, 5) is 10.0. The van der Waals surface area contributed by atoms with Crippen LogP contribution in [0.1, 0.15) is 51.0 Å². The molecule has 0 N–H and O–H groups in total. The third kappa shape index (κ3) is 6.43. The Hall–Kier alpha value is -1.31. The molecule has 0 aromatic heterocycles. The van der Waals surface area contributed by atoms with Gasteiger partial charge in [-0.1, -0.05) is 25.5 Å². The largest absolute Gasteiger partial charge is 0.494 e. The van der Waals surface area contributed by atoms with E-state index in [0.717, 1.165) is 38.0 Å². The number of rotatable bonds is 10. The molecule has 1 aromatic rings. The van der Waals surface area contributed by atoms with Gasteiger partial charge in [0.05, 0.1) is 6.61 Å². The van der Waals surface area contributed by atoms with Crippen molar-refractivity contribution >= 4 is 6.29 Å². The maximum atomic E-state index is 10.0. The lowest BCUT2D eigenvalue weighted by Gasteiger charge is -2.07. The molecule has 2 nitrogen and oxygen atoms in total. The fraction of sp³-hybridized carbons (Fsp3) is 0.562. The SMILES string of the molecule is CCCCc1cccc(OCCCCC[C]=O)c1. The Morgan fingerprint density at radius 2 is 2.06 bits per heavy atom. The van der Waals surface area contributed by atoms with E-state index in [1.807, 2.05) is 12.4 Å². The average molecular weight is 247 g/mol. The molecule has 1 radical (unpaired) electrons. The maximum Gasteiger partial charge on any atom is 0.198 e. The fourth-order valence-electron chi connectivity index (χ4n) is 1.84. The van der Waals surface area contributed by atoms with Crippen LogP contribution < -0.4 is 4.74 Å². The summed E-state index contributed by atoms with van der Waals surface area (Å²) in [6.45, 7) is 2.94. The summed E-state index contributed by atoms with van der Waals surface area (Å²) >= 11 is 0. The van der Waals surface area contributed by atoms with Crippen LogP contribution in [0.4, 0.5) is 0 Å². The second-order valence-corrected chi connectivity index (χ2v) is 4.55. The number of aryl methyl sites for hydroxylation is 1. The van der Waals surface area contributed by atoms with Crippen molar-refractivity contribution < 1.29 is 9.53 Å². The van der Waals surface area contributed by atoms with E-state index in [0.29, 0.717) is 6.42 Å². The highest BCUT2D eigenvalue weighted by molar-refractivity contribution is 5.50. The molecular weight excluding hydrogens is 224 g/mol. The van der Waals surface area contributed by atoms with Crippen LogP contribution >= 0.6 is 0 Å². The molecule has 2 heteroatoms. The topological polar surface area (TPSA) is 26.3 Å². The number of ether oxygens (including phenoxy) is 1. The number of hydrogen-bond acceptors (Lipinski definition) is 2. The molecule has 0 aliphatic heterocycles. The third-order valence-electron chi connectivity index (χ3n) is 2.91. The van der Waals surface area contributed by atoms with E-state index in [4.69, 9.17) is 4.74 Å². The zero-order valence-corrected chi connectivity index (χ0v) is 11.3. The molecule has 18 heavy (non-hydrogen) atoms. The van der Waals surface area contributed by atoms with Crippen LogP contribution in [-0.2, 0) is 11.2 Å². The van der Waals surface area contributed by atoms with Gasteiger partial charge in [-0.15, -0.1) is 0 Å². The Bertz CT molecular complexity index is 334. The smallest absolute Gasteiger partial charge is 0.198 e. The molecule has 0 bridgehead atoms. The minimum Gasteiger partial charge on any atom is -0.494 e. The van der Waals surface area contributed by atoms with Crippen molar-refractivity contribution in [3.05, 3.63) is 29.8 Å². The van der Waals surface area contributed by atoms with Crippen molar-refractivity contribution in [2.24, 2.45) is 0 Å². The lowest BCUT2D eigenvalue weighted by atomic mass is 10.1. The molecule has 0 amide bonds. The molecule has 0 saturated carbocycles. The molecule has 0 spiro atoms. The zero-order valence-electron chi connectivity index (χ0n) is 11.3. The van der Waals surface area contributed by atoms with Crippen LogP contribution in [0.15, 0.2) is 24.3 Å². The Kier molecular flexibility index (Phi) is 7.94. The molecule has 0 unspecified atom stereocenters. The lowest BCUT2D eigenvalue weighted by Crippen LogP contribution is -1.98. The van der Waals surface area contributed by atoms with Gasteiger partial charge in [-0.3, -0.25) is 4.79 Å². The predicted octanol–water partition coefficient (Wildman–Crippen LogP) is 4.08.